The summed E-state index contributed by atoms with van der Waals surface area (Å²) in [5, 5.41) is 3.81. The molecule has 0 unspecified atom stereocenters. The lowest BCUT2D eigenvalue weighted by atomic mass is 10.1. The van der Waals surface area contributed by atoms with Crippen molar-refractivity contribution in [1.82, 2.24) is 10.1 Å². The van der Waals surface area contributed by atoms with Gasteiger partial charge in [-0.25, -0.2) is 18.2 Å². The van der Waals surface area contributed by atoms with Gasteiger partial charge in [-0.3, -0.25) is 4.79 Å². The van der Waals surface area contributed by atoms with Crippen LogP contribution in [-0.2, 0) is 14.8 Å². The highest BCUT2D eigenvalue weighted by molar-refractivity contribution is 7.89. The summed E-state index contributed by atoms with van der Waals surface area (Å²) in [5.41, 5.74) is 3.85. The minimum absolute atomic E-state index is 0.0846. The topological polar surface area (TPSA) is 87.6 Å². The second kappa shape index (κ2) is 8.88. The molecule has 2 rings (SSSR count). The lowest BCUT2D eigenvalue weighted by molar-refractivity contribution is -0.123. The van der Waals surface area contributed by atoms with Crippen LogP contribution in [0.4, 0.5) is 4.39 Å². The SMILES string of the molecule is Cc1ccc(S(=O)(=O)N[C@@H](C(=O)N/N=C\c2ccc(F)cc2)C(C)C)cc1. The van der Waals surface area contributed by atoms with Crippen molar-refractivity contribution in [3.8, 4) is 0 Å². The van der Waals surface area contributed by atoms with Gasteiger partial charge in [-0.2, -0.15) is 9.82 Å². The summed E-state index contributed by atoms with van der Waals surface area (Å²) < 4.78 is 40.3. The fraction of sp³-hybridized carbons (Fsp3) is 0.263. The molecule has 0 saturated heterocycles. The Bertz CT molecular complexity index is 908. The summed E-state index contributed by atoms with van der Waals surface area (Å²) in [6.45, 7) is 5.31. The fourth-order valence-corrected chi connectivity index (χ4v) is 3.58. The van der Waals surface area contributed by atoms with Crippen molar-refractivity contribution in [2.45, 2.75) is 31.7 Å². The first kappa shape index (κ1) is 20.7. The number of nitrogens with zero attached hydrogens (tertiary/aromatic N) is 1. The van der Waals surface area contributed by atoms with Gasteiger partial charge in [0.15, 0.2) is 0 Å². The molecule has 27 heavy (non-hydrogen) atoms. The first-order valence-electron chi connectivity index (χ1n) is 8.36. The van der Waals surface area contributed by atoms with Crippen LogP contribution < -0.4 is 10.1 Å². The van der Waals surface area contributed by atoms with Gasteiger partial charge >= 0.3 is 0 Å². The maximum absolute atomic E-state index is 12.9. The van der Waals surface area contributed by atoms with E-state index in [1.165, 1.54) is 42.6 Å². The number of rotatable bonds is 7. The van der Waals surface area contributed by atoms with Crippen LogP contribution in [0.5, 0.6) is 0 Å². The van der Waals surface area contributed by atoms with Crippen molar-refractivity contribution in [1.29, 1.82) is 0 Å². The zero-order valence-corrected chi connectivity index (χ0v) is 16.1. The van der Waals surface area contributed by atoms with Crippen molar-refractivity contribution < 1.29 is 17.6 Å². The number of aryl methyl sites for hydroxylation is 1. The van der Waals surface area contributed by atoms with E-state index in [9.17, 15) is 17.6 Å². The fourth-order valence-electron chi connectivity index (χ4n) is 2.23. The van der Waals surface area contributed by atoms with Crippen molar-refractivity contribution in [3.63, 3.8) is 0 Å². The molecule has 0 aromatic heterocycles. The number of benzene rings is 2. The average Bonchev–Trinajstić information content (AvgIpc) is 2.61. The van der Waals surface area contributed by atoms with Crippen LogP contribution >= 0.6 is 0 Å². The van der Waals surface area contributed by atoms with E-state index >= 15 is 0 Å². The molecule has 0 saturated carbocycles. The van der Waals surface area contributed by atoms with Gasteiger partial charge in [-0.05, 0) is 42.7 Å². The number of carbonyl (C=O) groups is 1. The van der Waals surface area contributed by atoms with Crippen LogP contribution in [0.3, 0.4) is 0 Å². The second-order valence-electron chi connectivity index (χ2n) is 6.44. The zero-order chi connectivity index (χ0) is 20.0. The Morgan fingerprint density at radius 2 is 1.67 bits per heavy atom. The number of carbonyl (C=O) groups excluding carboxylic acids is 1. The predicted octanol–water partition coefficient (Wildman–Crippen LogP) is 2.59. The van der Waals surface area contributed by atoms with E-state index in [0.29, 0.717) is 5.56 Å². The van der Waals surface area contributed by atoms with Crippen molar-refractivity contribution in [2.75, 3.05) is 0 Å². The molecule has 8 heteroatoms. The first-order valence-corrected chi connectivity index (χ1v) is 9.85. The van der Waals surface area contributed by atoms with Crippen LogP contribution in [0.25, 0.3) is 0 Å². The monoisotopic (exact) mass is 391 g/mol. The molecule has 0 spiro atoms. The third kappa shape index (κ3) is 5.97. The number of hydrogen-bond donors (Lipinski definition) is 2. The van der Waals surface area contributed by atoms with E-state index in [1.54, 1.807) is 26.0 Å². The Morgan fingerprint density at radius 3 is 2.22 bits per heavy atom. The third-order valence-corrected chi connectivity index (χ3v) is 5.28. The van der Waals surface area contributed by atoms with Gasteiger partial charge in [0.2, 0.25) is 10.0 Å². The number of hydrazone groups is 1. The highest BCUT2D eigenvalue weighted by atomic mass is 32.2. The van der Waals surface area contributed by atoms with Gasteiger partial charge in [0.1, 0.15) is 11.9 Å². The van der Waals surface area contributed by atoms with Crippen LogP contribution in [0.1, 0.15) is 25.0 Å². The molecule has 2 N–H and O–H groups in total. The van der Waals surface area contributed by atoms with E-state index in [2.05, 4.69) is 15.2 Å². The Kier molecular flexibility index (Phi) is 6.81. The quantitative estimate of drug-likeness (QED) is 0.562. The molecular formula is C19H22FN3O3S. The van der Waals surface area contributed by atoms with Crippen LogP contribution in [0, 0.1) is 18.7 Å². The molecule has 1 atom stereocenters. The molecule has 0 bridgehead atoms. The molecular weight excluding hydrogens is 369 g/mol. The van der Waals surface area contributed by atoms with E-state index in [-0.39, 0.29) is 16.6 Å². The maximum atomic E-state index is 12.9. The summed E-state index contributed by atoms with van der Waals surface area (Å²) in [5.74, 6) is -1.26. The van der Waals surface area contributed by atoms with Gasteiger partial charge < -0.3 is 0 Å². The normalized spacial score (nSPS) is 13.1. The maximum Gasteiger partial charge on any atom is 0.258 e. The van der Waals surface area contributed by atoms with E-state index in [0.717, 1.165) is 5.56 Å². The lowest BCUT2D eigenvalue weighted by Gasteiger charge is -2.20. The predicted molar refractivity (Wildman–Crippen MR) is 102 cm³/mol. The highest BCUT2D eigenvalue weighted by Gasteiger charge is 2.28. The highest BCUT2D eigenvalue weighted by Crippen LogP contribution is 2.13. The molecule has 0 heterocycles. The number of sulfonamides is 1. The molecule has 0 radical (unpaired) electrons. The molecule has 0 fully saturated rings. The zero-order valence-electron chi connectivity index (χ0n) is 15.3. The van der Waals surface area contributed by atoms with E-state index < -0.39 is 22.0 Å². The van der Waals surface area contributed by atoms with Crippen LogP contribution in [0.15, 0.2) is 58.5 Å². The Morgan fingerprint density at radius 1 is 1.07 bits per heavy atom. The van der Waals surface area contributed by atoms with Gasteiger partial charge in [0.25, 0.3) is 5.91 Å². The van der Waals surface area contributed by atoms with Gasteiger partial charge in [0, 0.05) is 0 Å². The van der Waals surface area contributed by atoms with Gasteiger partial charge in [-0.1, -0.05) is 43.7 Å². The lowest BCUT2D eigenvalue weighted by Crippen LogP contribution is -2.48. The Hall–Kier alpha value is -2.58. The smallest absolute Gasteiger partial charge is 0.258 e. The summed E-state index contributed by atoms with van der Waals surface area (Å²) >= 11 is 0. The molecule has 2 aromatic rings. The van der Waals surface area contributed by atoms with Crippen molar-refractivity contribution >= 4 is 22.1 Å². The Balaban J connectivity index is 2.08. The van der Waals surface area contributed by atoms with E-state index in [1.807, 2.05) is 6.92 Å². The van der Waals surface area contributed by atoms with Crippen molar-refractivity contribution in [3.05, 3.63) is 65.5 Å². The van der Waals surface area contributed by atoms with Crippen molar-refractivity contribution in [2.24, 2.45) is 11.0 Å². The van der Waals surface area contributed by atoms with Crippen LogP contribution in [-0.4, -0.2) is 26.6 Å². The van der Waals surface area contributed by atoms with E-state index in [4.69, 9.17) is 0 Å². The number of hydrogen-bond acceptors (Lipinski definition) is 4. The second-order valence-corrected chi connectivity index (χ2v) is 8.16. The van der Waals surface area contributed by atoms with Gasteiger partial charge in [0.05, 0.1) is 11.1 Å². The number of halogens is 1. The summed E-state index contributed by atoms with van der Waals surface area (Å²) in [6.07, 6.45) is 1.35. The van der Waals surface area contributed by atoms with Gasteiger partial charge in [-0.15, -0.1) is 0 Å². The standard InChI is InChI=1S/C19H22FN3O3S/c1-13(2)18(23-27(25,26)17-10-4-14(3)5-11-17)19(24)22-21-12-15-6-8-16(20)9-7-15/h4-13,18,23H,1-3H3,(H,22,24)/b21-12-/t18-/m1/s1. The summed E-state index contributed by atoms with van der Waals surface area (Å²) in [7, 11) is -3.85. The molecule has 0 aliphatic rings. The number of nitrogens with one attached hydrogen (secondary N) is 2. The average molecular weight is 391 g/mol. The Labute approximate surface area is 158 Å². The minimum atomic E-state index is -3.85. The molecule has 2 aromatic carbocycles. The molecule has 144 valence electrons. The largest absolute Gasteiger partial charge is 0.271 e. The first-order chi connectivity index (χ1) is 12.7. The molecule has 0 aliphatic carbocycles. The molecule has 6 nitrogen and oxygen atoms in total. The molecule has 1 amide bonds. The summed E-state index contributed by atoms with van der Waals surface area (Å²) in [6, 6.07) is 10.9. The molecule has 0 aliphatic heterocycles. The van der Waals surface area contributed by atoms with Crippen LogP contribution in [0.2, 0.25) is 0 Å². The summed E-state index contributed by atoms with van der Waals surface area (Å²) in [4.78, 5) is 12.5. The number of amides is 1. The third-order valence-electron chi connectivity index (χ3n) is 3.82. The minimum Gasteiger partial charge on any atom is -0.271 e.